The van der Waals surface area contributed by atoms with Gasteiger partial charge in [-0.1, -0.05) is 12.1 Å². The van der Waals surface area contributed by atoms with E-state index in [1.165, 1.54) is 0 Å². The zero-order valence-corrected chi connectivity index (χ0v) is 11.2. The van der Waals surface area contributed by atoms with Crippen molar-refractivity contribution in [2.24, 2.45) is 0 Å². The molecule has 0 bridgehead atoms. The molecule has 2 nitrogen and oxygen atoms in total. The van der Waals surface area contributed by atoms with Crippen molar-refractivity contribution in [1.29, 1.82) is 0 Å². The van der Waals surface area contributed by atoms with Crippen LogP contribution in [0.25, 0.3) is 0 Å². The Balaban J connectivity index is 2.76. The number of benzene rings is 1. The highest BCUT2D eigenvalue weighted by Crippen LogP contribution is 2.19. The van der Waals surface area contributed by atoms with Crippen molar-refractivity contribution in [2.45, 2.75) is 52.3 Å². The fourth-order valence-corrected chi connectivity index (χ4v) is 1.55. The van der Waals surface area contributed by atoms with Crippen molar-refractivity contribution < 1.29 is 9.50 Å². The molecule has 96 valence electrons. The molecular formula is C14H22FNO. The van der Waals surface area contributed by atoms with Crippen LogP contribution in [0.2, 0.25) is 0 Å². The first kappa shape index (κ1) is 14.1. The summed E-state index contributed by atoms with van der Waals surface area (Å²) in [5.74, 6) is -0.188. The van der Waals surface area contributed by atoms with Gasteiger partial charge < -0.3 is 10.4 Å². The maximum absolute atomic E-state index is 13.4. The van der Waals surface area contributed by atoms with Crippen LogP contribution in [0.5, 0.6) is 0 Å². The van der Waals surface area contributed by atoms with E-state index in [9.17, 15) is 9.50 Å². The first-order valence-corrected chi connectivity index (χ1v) is 5.96. The Morgan fingerprint density at radius 3 is 2.35 bits per heavy atom. The number of hydrogen-bond donors (Lipinski definition) is 2. The maximum Gasteiger partial charge on any atom is 0.126 e. The fraction of sp³-hybridized carbons (Fsp3) is 0.571. The highest BCUT2D eigenvalue weighted by molar-refractivity contribution is 5.25. The molecule has 0 heterocycles. The van der Waals surface area contributed by atoms with Gasteiger partial charge in [0.2, 0.25) is 0 Å². The van der Waals surface area contributed by atoms with Gasteiger partial charge in [-0.3, -0.25) is 0 Å². The van der Waals surface area contributed by atoms with E-state index in [4.69, 9.17) is 0 Å². The third kappa shape index (κ3) is 3.79. The van der Waals surface area contributed by atoms with Gasteiger partial charge in [-0.25, -0.2) is 4.39 Å². The molecule has 0 spiro atoms. The van der Waals surface area contributed by atoms with Crippen LogP contribution in [0, 0.1) is 12.7 Å². The molecule has 0 aliphatic heterocycles. The SMILES string of the molecule is Cc1ccc(C(C)NC(C)C(C)(C)O)cc1F. The van der Waals surface area contributed by atoms with E-state index in [1.807, 2.05) is 19.9 Å². The van der Waals surface area contributed by atoms with E-state index in [2.05, 4.69) is 5.32 Å². The number of rotatable bonds is 4. The smallest absolute Gasteiger partial charge is 0.126 e. The second-order valence-corrected chi connectivity index (χ2v) is 5.27. The van der Waals surface area contributed by atoms with E-state index in [-0.39, 0.29) is 17.9 Å². The summed E-state index contributed by atoms with van der Waals surface area (Å²) in [6.07, 6.45) is 0. The van der Waals surface area contributed by atoms with E-state index < -0.39 is 5.60 Å². The largest absolute Gasteiger partial charge is 0.389 e. The summed E-state index contributed by atoms with van der Waals surface area (Å²) >= 11 is 0. The summed E-state index contributed by atoms with van der Waals surface area (Å²) in [6, 6.07) is 5.17. The first-order valence-electron chi connectivity index (χ1n) is 5.96. The predicted molar refractivity (Wildman–Crippen MR) is 68.4 cm³/mol. The van der Waals surface area contributed by atoms with Gasteiger partial charge in [-0.15, -0.1) is 0 Å². The molecule has 0 saturated heterocycles. The Morgan fingerprint density at radius 1 is 1.29 bits per heavy atom. The summed E-state index contributed by atoms with van der Waals surface area (Å²) in [5, 5.41) is 13.1. The average Bonchev–Trinajstić information content (AvgIpc) is 2.20. The van der Waals surface area contributed by atoms with Crippen molar-refractivity contribution in [3.05, 3.63) is 35.1 Å². The van der Waals surface area contributed by atoms with Gasteiger partial charge in [0.05, 0.1) is 5.60 Å². The van der Waals surface area contributed by atoms with Crippen LogP contribution in [0.4, 0.5) is 4.39 Å². The standard InChI is InChI=1S/C14H22FNO/c1-9-6-7-12(8-13(9)15)10(2)16-11(3)14(4,5)17/h6-8,10-11,16-17H,1-5H3. The third-order valence-corrected chi connectivity index (χ3v) is 3.26. The number of aryl methyl sites for hydroxylation is 1. The number of halogens is 1. The van der Waals surface area contributed by atoms with Crippen molar-refractivity contribution >= 4 is 0 Å². The molecule has 2 atom stereocenters. The molecule has 1 rings (SSSR count). The second-order valence-electron chi connectivity index (χ2n) is 5.27. The van der Waals surface area contributed by atoms with Gasteiger partial charge in [0.1, 0.15) is 5.82 Å². The lowest BCUT2D eigenvalue weighted by molar-refractivity contribution is 0.0405. The van der Waals surface area contributed by atoms with Crippen LogP contribution in [0.1, 0.15) is 44.9 Å². The average molecular weight is 239 g/mol. The molecule has 17 heavy (non-hydrogen) atoms. The van der Waals surface area contributed by atoms with Crippen LogP contribution in [0.3, 0.4) is 0 Å². The zero-order valence-electron chi connectivity index (χ0n) is 11.2. The Labute approximate surface area is 103 Å². The molecule has 0 saturated carbocycles. The number of nitrogens with one attached hydrogen (secondary N) is 1. The van der Waals surface area contributed by atoms with Crippen molar-refractivity contribution in [3.8, 4) is 0 Å². The zero-order chi connectivity index (χ0) is 13.2. The van der Waals surface area contributed by atoms with E-state index in [0.29, 0.717) is 5.56 Å². The molecule has 2 unspecified atom stereocenters. The van der Waals surface area contributed by atoms with Gasteiger partial charge in [0, 0.05) is 12.1 Å². The van der Waals surface area contributed by atoms with E-state index in [1.54, 1.807) is 32.9 Å². The fourth-order valence-electron chi connectivity index (χ4n) is 1.55. The topological polar surface area (TPSA) is 32.3 Å². The van der Waals surface area contributed by atoms with Gasteiger partial charge in [-0.05, 0) is 51.8 Å². The molecule has 1 aromatic carbocycles. The minimum atomic E-state index is -0.794. The van der Waals surface area contributed by atoms with Crippen molar-refractivity contribution in [2.75, 3.05) is 0 Å². The molecular weight excluding hydrogens is 217 g/mol. The normalized spacial score (nSPS) is 15.7. The number of hydrogen-bond acceptors (Lipinski definition) is 2. The van der Waals surface area contributed by atoms with E-state index >= 15 is 0 Å². The Kier molecular flexibility index (Phi) is 4.28. The van der Waals surface area contributed by atoms with Gasteiger partial charge in [-0.2, -0.15) is 0 Å². The molecule has 0 aliphatic rings. The maximum atomic E-state index is 13.4. The first-order chi connectivity index (χ1) is 7.71. The van der Waals surface area contributed by atoms with Gasteiger partial charge in [0.15, 0.2) is 0 Å². The highest BCUT2D eigenvalue weighted by Gasteiger charge is 2.23. The second kappa shape index (κ2) is 5.15. The summed E-state index contributed by atoms with van der Waals surface area (Å²) in [4.78, 5) is 0. The van der Waals surface area contributed by atoms with Crippen LogP contribution < -0.4 is 5.32 Å². The Morgan fingerprint density at radius 2 is 1.88 bits per heavy atom. The van der Waals surface area contributed by atoms with Crippen molar-refractivity contribution in [1.82, 2.24) is 5.32 Å². The molecule has 0 aromatic heterocycles. The lowest BCUT2D eigenvalue weighted by atomic mass is 9.98. The van der Waals surface area contributed by atoms with E-state index in [0.717, 1.165) is 5.56 Å². The van der Waals surface area contributed by atoms with Crippen LogP contribution in [-0.4, -0.2) is 16.7 Å². The van der Waals surface area contributed by atoms with Crippen LogP contribution >= 0.6 is 0 Å². The predicted octanol–water partition coefficient (Wildman–Crippen LogP) is 2.94. The highest BCUT2D eigenvalue weighted by atomic mass is 19.1. The quantitative estimate of drug-likeness (QED) is 0.846. The minimum Gasteiger partial charge on any atom is -0.389 e. The minimum absolute atomic E-state index is 0.00604. The van der Waals surface area contributed by atoms with Crippen LogP contribution in [-0.2, 0) is 0 Å². The monoisotopic (exact) mass is 239 g/mol. The van der Waals surface area contributed by atoms with Gasteiger partial charge >= 0.3 is 0 Å². The molecule has 0 radical (unpaired) electrons. The molecule has 3 heteroatoms. The van der Waals surface area contributed by atoms with Crippen LogP contribution in [0.15, 0.2) is 18.2 Å². The lowest BCUT2D eigenvalue weighted by Crippen LogP contribution is -2.45. The lowest BCUT2D eigenvalue weighted by Gasteiger charge is -2.30. The summed E-state index contributed by atoms with van der Waals surface area (Å²) < 4.78 is 13.4. The number of aliphatic hydroxyl groups is 1. The summed E-state index contributed by atoms with van der Waals surface area (Å²) in [7, 11) is 0. The Bertz CT molecular complexity index is 384. The molecule has 0 amide bonds. The molecule has 0 aliphatic carbocycles. The Hall–Kier alpha value is -0.930. The third-order valence-electron chi connectivity index (χ3n) is 3.26. The molecule has 0 fully saturated rings. The van der Waals surface area contributed by atoms with Gasteiger partial charge in [0.25, 0.3) is 0 Å². The van der Waals surface area contributed by atoms with Crippen molar-refractivity contribution in [3.63, 3.8) is 0 Å². The molecule has 2 N–H and O–H groups in total. The molecule has 1 aromatic rings. The summed E-state index contributed by atoms with van der Waals surface area (Å²) in [6.45, 7) is 9.14. The summed E-state index contributed by atoms with van der Waals surface area (Å²) in [5.41, 5.74) is 0.748.